The van der Waals surface area contributed by atoms with Gasteiger partial charge < -0.3 is 15.7 Å². The quantitative estimate of drug-likeness (QED) is 0.740. The summed E-state index contributed by atoms with van der Waals surface area (Å²) in [7, 11) is 0. The van der Waals surface area contributed by atoms with Gasteiger partial charge in [0.2, 0.25) is 5.91 Å². The Bertz CT molecular complexity index is 322. The van der Waals surface area contributed by atoms with Crippen molar-refractivity contribution >= 4 is 11.6 Å². The van der Waals surface area contributed by atoms with E-state index in [9.17, 15) is 4.79 Å². The molecule has 3 N–H and O–H groups in total. The molecule has 4 heteroatoms. The molecule has 0 spiro atoms. The lowest BCUT2D eigenvalue weighted by Crippen LogP contribution is -2.33. The summed E-state index contributed by atoms with van der Waals surface area (Å²) in [4.78, 5) is 12.7. The third kappa shape index (κ3) is 3.25. The Morgan fingerprint density at radius 3 is 2.40 bits per heavy atom. The molecular weight excluding hydrogens is 192 g/mol. The van der Waals surface area contributed by atoms with Crippen molar-refractivity contribution in [2.24, 2.45) is 5.73 Å². The van der Waals surface area contributed by atoms with Crippen LogP contribution >= 0.6 is 0 Å². The standard InChI is InChI=1S/C11H16N2O2/c1-2-13(7-11(12)15)10-5-3-9(8-14)4-6-10/h3-6,14H,2,7-8H2,1H3,(H2,12,15). The lowest BCUT2D eigenvalue weighted by Gasteiger charge is -2.21. The van der Waals surface area contributed by atoms with Crippen molar-refractivity contribution in [3.05, 3.63) is 29.8 Å². The molecule has 0 aromatic heterocycles. The zero-order chi connectivity index (χ0) is 11.3. The topological polar surface area (TPSA) is 66.6 Å². The highest BCUT2D eigenvalue weighted by molar-refractivity contribution is 5.79. The Kier molecular flexibility index (Phi) is 4.12. The molecule has 0 aliphatic rings. The zero-order valence-electron chi connectivity index (χ0n) is 8.81. The van der Waals surface area contributed by atoms with Crippen LogP contribution in [0.15, 0.2) is 24.3 Å². The van der Waals surface area contributed by atoms with Crippen LogP contribution in [0.25, 0.3) is 0 Å². The van der Waals surface area contributed by atoms with Gasteiger partial charge in [-0.05, 0) is 24.6 Å². The summed E-state index contributed by atoms with van der Waals surface area (Å²) in [5, 5.41) is 8.88. The average molecular weight is 208 g/mol. The van der Waals surface area contributed by atoms with Crippen molar-refractivity contribution in [1.29, 1.82) is 0 Å². The van der Waals surface area contributed by atoms with E-state index in [0.29, 0.717) is 0 Å². The maximum absolute atomic E-state index is 10.8. The number of nitrogens with zero attached hydrogens (tertiary/aromatic N) is 1. The first-order valence-corrected chi connectivity index (χ1v) is 4.90. The molecule has 0 saturated carbocycles. The molecule has 0 radical (unpaired) electrons. The Morgan fingerprint density at radius 1 is 1.40 bits per heavy atom. The van der Waals surface area contributed by atoms with Gasteiger partial charge in [0.25, 0.3) is 0 Å². The number of aliphatic hydroxyl groups is 1. The van der Waals surface area contributed by atoms with E-state index in [1.807, 2.05) is 36.1 Å². The van der Waals surface area contributed by atoms with Crippen molar-refractivity contribution in [3.8, 4) is 0 Å². The summed E-state index contributed by atoms with van der Waals surface area (Å²) in [5.41, 5.74) is 6.94. The molecule has 15 heavy (non-hydrogen) atoms. The van der Waals surface area contributed by atoms with Crippen molar-refractivity contribution in [2.45, 2.75) is 13.5 Å². The van der Waals surface area contributed by atoms with Crippen LogP contribution in [0.1, 0.15) is 12.5 Å². The highest BCUT2D eigenvalue weighted by atomic mass is 16.3. The number of amides is 1. The number of carbonyl (C=O) groups is 1. The number of rotatable bonds is 5. The molecule has 0 aliphatic heterocycles. The third-order valence-corrected chi connectivity index (χ3v) is 2.21. The predicted molar refractivity (Wildman–Crippen MR) is 59.4 cm³/mol. The molecule has 1 aromatic carbocycles. The van der Waals surface area contributed by atoms with Gasteiger partial charge in [0.1, 0.15) is 0 Å². The molecule has 82 valence electrons. The Labute approximate surface area is 89.3 Å². The molecule has 0 fully saturated rings. The fraction of sp³-hybridized carbons (Fsp3) is 0.364. The van der Waals surface area contributed by atoms with Gasteiger partial charge in [-0.15, -0.1) is 0 Å². The summed E-state index contributed by atoms with van der Waals surface area (Å²) >= 11 is 0. The Morgan fingerprint density at radius 2 is 2.00 bits per heavy atom. The lowest BCUT2D eigenvalue weighted by molar-refractivity contribution is -0.116. The van der Waals surface area contributed by atoms with E-state index in [0.717, 1.165) is 17.8 Å². The predicted octanol–water partition coefficient (Wildman–Crippen LogP) is 0.490. The molecule has 0 aliphatic carbocycles. The fourth-order valence-corrected chi connectivity index (χ4v) is 1.39. The summed E-state index contributed by atoms with van der Waals surface area (Å²) in [6.07, 6.45) is 0. The molecule has 1 amide bonds. The van der Waals surface area contributed by atoms with Gasteiger partial charge in [-0.25, -0.2) is 0 Å². The maximum Gasteiger partial charge on any atom is 0.236 e. The maximum atomic E-state index is 10.8. The first-order valence-electron chi connectivity index (χ1n) is 4.90. The Hall–Kier alpha value is -1.55. The molecule has 0 bridgehead atoms. The van der Waals surface area contributed by atoms with E-state index in [1.165, 1.54) is 0 Å². The number of aliphatic hydroxyl groups excluding tert-OH is 1. The number of hydrogen-bond donors (Lipinski definition) is 2. The molecule has 0 unspecified atom stereocenters. The molecule has 0 heterocycles. The molecule has 0 atom stereocenters. The van der Waals surface area contributed by atoms with Gasteiger partial charge in [-0.3, -0.25) is 4.79 Å². The lowest BCUT2D eigenvalue weighted by atomic mass is 10.2. The van der Waals surface area contributed by atoms with Gasteiger partial charge >= 0.3 is 0 Å². The first kappa shape index (κ1) is 11.5. The van der Waals surface area contributed by atoms with Gasteiger partial charge in [-0.1, -0.05) is 12.1 Å². The zero-order valence-corrected chi connectivity index (χ0v) is 8.81. The van der Waals surface area contributed by atoms with Crippen molar-refractivity contribution < 1.29 is 9.90 Å². The van der Waals surface area contributed by atoms with Crippen LogP contribution in [0.4, 0.5) is 5.69 Å². The van der Waals surface area contributed by atoms with Gasteiger partial charge in [0.15, 0.2) is 0 Å². The minimum absolute atomic E-state index is 0.0300. The number of anilines is 1. The second-order valence-electron chi connectivity index (χ2n) is 3.31. The van der Waals surface area contributed by atoms with Crippen LogP contribution in [0, 0.1) is 0 Å². The molecule has 0 saturated heterocycles. The monoisotopic (exact) mass is 208 g/mol. The van der Waals surface area contributed by atoms with E-state index in [1.54, 1.807) is 0 Å². The number of likely N-dealkylation sites (N-methyl/N-ethyl adjacent to an activating group) is 1. The van der Waals surface area contributed by atoms with Crippen LogP contribution in [0.3, 0.4) is 0 Å². The van der Waals surface area contributed by atoms with Crippen LogP contribution in [0.2, 0.25) is 0 Å². The smallest absolute Gasteiger partial charge is 0.236 e. The molecule has 1 rings (SSSR count). The van der Waals surface area contributed by atoms with Gasteiger partial charge in [0, 0.05) is 12.2 Å². The van der Waals surface area contributed by atoms with Gasteiger partial charge in [0.05, 0.1) is 13.2 Å². The second kappa shape index (κ2) is 5.36. The van der Waals surface area contributed by atoms with E-state index in [4.69, 9.17) is 10.8 Å². The summed E-state index contributed by atoms with van der Waals surface area (Å²) in [6.45, 7) is 2.93. The Balaban J connectivity index is 2.78. The summed E-state index contributed by atoms with van der Waals surface area (Å²) in [6, 6.07) is 7.41. The molecule has 4 nitrogen and oxygen atoms in total. The first-order chi connectivity index (χ1) is 7.17. The fourth-order valence-electron chi connectivity index (χ4n) is 1.39. The van der Waals surface area contributed by atoms with Crippen LogP contribution in [-0.2, 0) is 11.4 Å². The van der Waals surface area contributed by atoms with E-state index >= 15 is 0 Å². The SMILES string of the molecule is CCN(CC(N)=O)c1ccc(CO)cc1. The molecular formula is C11H16N2O2. The van der Waals surface area contributed by atoms with Crippen LogP contribution in [-0.4, -0.2) is 24.1 Å². The summed E-state index contributed by atoms with van der Waals surface area (Å²) in [5.74, 6) is -0.344. The van der Waals surface area contributed by atoms with Crippen LogP contribution < -0.4 is 10.6 Å². The second-order valence-corrected chi connectivity index (χ2v) is 3.31. The van der Waals surface area contributed by atoms with E-state index in [-0.39, 0.29) is 19.1 Å². The van der Waals surface area contributed by atoms with Crippen molar-refractivity contribution in [2.75, 3.05) is 18.0 Å². The minimum atomic E-state index is -0.344. The third-order valence-electron chi connectivity index (χ3n) is 2.21. The van der Waals surface area contributed by atoms with Crippen LogP contribution in [0.5, 0.6) is 0 Å². The van der Waals surface area contributed by atoms with Crippen molar-refractivity contribution in [1.82, 2.24) is 0 Å². The highest BCUT2D eigenvalue weighted by Crippen LogP contribution is 2.14. The number of primary amides is 1. The van der Waals surface area contributed by atoms with Crippen molar-refractivity contribution in [3.63, 3.8) is 0 Å². The van der Waals surface area contributed by atoms with E-state index < -0.39 is 0 Å². The minimum Gasteiger partial charge on any atom is -0.392 e. The summed E-state index contributed by atoms with van der Waals surface area (Å²) < 4.78 is 0. The number of hydrogen-bond acceptors (Lipinski definition) is 3. The molecule has 1 aromatic rings. The highest BCUT2D eigenvalue weighted by Gasteiger charge is 2.06. The van der Waals surface area contributed by atoms with E-state index in [2.05, 4.69) is 0 Å². The van der Waals surface area contributed by atoms with Gasteiger partial charge in [-0.2, -0.15) is 0 Å². The average Bonchev–Trinajstić information content (AvgIpc) is 2.26. The number of nitrogens with two attached hydrogens (primary N) is 1. The number of carbonyl (C=O) groups excluding carboxylic acids is 1. The largest absolute Gasteiger partial charge is 0.392 e. The normalized spacial score (nSPS) is 10.0. The number of benzene rings is 1.